The van der Waals surface area contributed by atoms with Gasteiger partial charge < -0.3 is 20.5 Å². The van der Waals surface area contributed by atoms with Crippen LogP contribution in [0.5, 0.6) is 11.5 Å². The highest BCUT2D eigenvalue weighted by Crippen LogP contribution is 2.38. The Bertz CT molecular complexity index is 746. The summed E-state index contributed by atoms with van der Waals surface area (Å²) in [6, 6.07) is 5.18. The van der Waals surface area contributed by atoms with Crippen molar-refractivity contribution in [3.63, 3.8) is 0 Å². The molecule has 0 saturated heterocycles. The van der Waals surface area contributed by atoms with Gasteiger partial charge in [-0.05, 0) is 19.9 Å². The third kappa shape index (κ3) is 3.65. The summed E-state index contributed by atoms with van der Waals surface area (Å²) < 4.78 is 10.5. The molecule has 23 heavy (non-hydrogen) atoms. The number of hydrogen-bond acceptors (Lipinski definition) is 7. The number of nitrogens with one attached hydrogen (secondary N) is 1. The van der Waals surface area contributed by atoms with Crippen LogP contribution in [0.2, 0.25) is 0 Å². The molecule has 0 atom stereocenters. The average Bonchev–Trinajstić information content (AvgIpc) is 2.91. The number of nitrogens with two attached hydrogens (primary N) is 1. The lowest BCUT2D eigenvalue weighted by atomic mass is 10.2. The highest BCUT2D eigenvalue weighted by atomic mass is 32.2. The van der Waals surface area contributed by atoms with E-state index in [1.807, 2.05) is 19.9 Å². The Hall–Kier alpha value is -2.48. The molecule has 1 aromatic carbocycles. The van der Waals surface area contributed by atoms with Crippen LogP contribution in [0.3, 0.4) is 0 Å². The zero-order valence-corrected chi connectivity index (χ0v) is 13.6. The van der Waals surface area contributed by atoms with Crippen molar-refractivity contribution in [1.29, 1.82) is 0 Å². The summed E-state index contributed by atoms with van der Waals surface area (Å²) in [5.74, 6) is 1.15. The van der Waals surface area contributed by atoms with Crippen molar-refractivity contribution in [2.75, 3.05) is 23.6 Å². The van der Waals surface area contributed by atoms with Gasteiger partial charge in [0.05, 0.1) is 17.1 Å². The number of carbonyl (C=O) groups is 1. The van der Waals surface area contributed by atoms with Gasteiger partial charge in [0.1, 0.15) is 0 Å². The molecule has 2 heterocycles. The molecule has 1 aliphatic rings. The normalized spacial score (nSPS) is 12.3. The zero-order chi connectivity index (χ0) is 16.4. The van der Waals surface area contributed by atoms with E-state index in [2.05, 4.69) is 15.3 Å². The summed E-state index contributed by atoms with van der Waals surface area (Å²) in [6.45, 7) is 3.95. The molecule has 120 valence electrons. The predicted octanol–water partition coefficient (Wildman–Crippen LogP) is 2.14. The molecule has 0 fully saturated rings. The Labute approximate surface area is 137 Å². The van der Waals surface area contributed by atoms with Gasteiger partial charge >= 0.3 is 0 Å². The summed E-state index contributed by atoms with van der Waals surface area (Å²) in [6.07, 6.45) is 0. The Kier molecular flexibility index (Phi) is 4.24. The Morgan fingerprint density at radius 1 is 1.22 bits per heavy atom. The first-order valence-electron chi connectivity index (χ1n) is 6.95. The maximum Gasteiger partial charge on any atom is 0.234 e. The van der Waals surface area contributed by atoms with Crippen molar-refractivity contribution in [3.8, 4) is 11.5 Å². The minimum Gasteiger partial charge on any atom is -0.454 e. The van der Waals surface area contributed by atoms with Crippen molar-refractivity contribution in [2.24, 2.45) is 0 Å². The van der Waals surface area contributed by atoms with E-state index in [9.17, 15) is 4.79 Å². The van der Waals surface area contributed by atoms with Crippen LogP contribution < -0.4 is 20.5 Å². The SMILES string of the molecule is Cc1cc(C)nc(SCC(=O)Nc2cc3c(cc2N)OCO3)n1. The zero-order valence-electron chi connectivity index (χ0n) is 12.8. The number of benzene rings is 1. The molecule has 0 saturated carbocycles. The first kappa shape index (κ1) is 15.4. The number of anilines is 2. The molecule has 0 spiro atoms. The lowest BCUT2D eigenvalue weighted by molar-refractivity contribution is -0.113. The maximum atomic E-state index is 12.1. The van der Waals surface area contributed by atoms with Gasteiger partial charge in [-0.25, -0.2) is 9.97 Å². The number of rotatable bonds is 4. The smallest absolute Gasteiger partial charge is 0.234 e. The fourth-order valence-corrected chi connectivity index (χ4v) is 2.89. The van der Waals surface area contributed by atoms with Crippen LogP contribution in [0.1, 0.15) is 11.4 Å². The number of thioether (sulfide) groups is 1. The Morgan fingerprint density at radius 3 is 2.57 bits per heavy atom. The molecule has 3 N–H and O–H groups in total. The fraction of sp³-hybridized carbons (Fsp3) is 0.267. The fourth-order valence-electron chi connectivity index (χ4n) is 2.14. The van der Waals surface area contributed by atoms with Crippen LogP contribution in [-0.4, -0.2) is 28.4 Å². The molecular weight excluding hydrogens is 316 g/mol. The van der Waals surface area contributed by atoms with Gasteiger partial charge in [-0.3, -0.25) is 4.79 Å². The number of amides is 1. The molecule has 1 aliphatic heterocycles. The molecular formula is C15H16N4O3S. The van der Waals surface area contributed by atoms with E-state index in [0.717, 1.165) is 11.4 Å². The van der Waals surface area contributed by atoms with E-state index in [-0.39, 0.29) is 18.5 Å². The van der Waals surface area contributed by atoms with Crippen molar-refractivity contribution in [2.45, 2.75) is 19.0 Å². The van der Waals surface area contributed by atoms with Crippen LogP contribution in [0.4, 0.5) is 11.4 Å². The van der Waals surface area contributed by atoms with Crippen LogP contribution in [0.15, 0.2) is 23.4 Å². The van der Waals surface area contributed by atoms with Crippen LogP contribution in [0.25, 0.3) is 0 Å². The van der Waals surface area contributed by atoms with Crippen molar-refractivity contribution >= 4 is 29.0 Å². The van der Waals surface area contributed by atoms with Gasteiger partial charge in [-0.1, -0.05) is 11.8 Å². The number of aromatic nitrogens is 2. The minimum atomic E-state index is -0.191. The highest BCUT2D eigenvalue weighted by molar-refractivity contribution is 7.99. The van der Waals surface area contributed by atoms with Gasteiger partial charge in [0.2, 0.25) is 12.7 Å². The number of ether oxygens (including phenoxy) is 2. The van der Waals surface area contributed by atoms with Crippen LogP contribution >= 0.6 is 11.8 Å². The summed E-state index contributed by atoms with van der Waals surface area (Å²) in [5.41, 5.74) is 8.59. The third-order valence-electron chi connectivity index (χ3n) is 3.11. The molecule has 3 rings (SSSR count). The Morgan fingerprint density at radius 2 is 1.87 bits per heavy atom. The first-order valence-corrected chi connectivity index (χ1v) is 7.94. The molecule has 0 unspecified atom stereocenters. The van der Waals surface area contributed by atoms with Crippen molar-refractivity contribution in [3.05, 3.63) is 29.6 Å². The quantitative estimate of drug-likeness (QED) is 0.502. The summed E-state index contributed by atoms with van der Waals surface area (Å²) in [4.78, 5) is 20.7. The van der Waals surface area contributed by atoms with E-state index in [1.54, 1.807) is 12.1 Å². The molecule has 7 nitrogen and oxygen atoms in total. The third-order valence-corrected chi connectivity index (χ3v) is 3.96. The summed E-state index contributed by atoms with van der Waals surface area (Å²) >= 11 is 1.28. The van der Waals surface area contributed by atoms with Gasteiger partial charge in [-0.2, -0.15) is 0 Å². The molecule has 8 heteroatoms. The van der Waals surface area contributed by atoms with Gasteiger partial charge in [-0.15, -0.1) is 0 Å². The van der Waals surface area contributed by atoms with E-state index in [1.165, 1.54) is 11.8 Å². The van der Waals surface area contributed by atoms with E-state index in [4.69, 9.17) is 15.2 Å². The lowest BCUT2D eigenvalue weighted by Crippen LogP contribution is -2.15. The van der Waals surface area contributed by atoms with Crippen LogP contribution in [-0.2, 0) is 4.79 Å². The van der Waals surface area contributed by atoms with E-state index < -0.39 is 0 Å². The molecule has 1 aromatic heterocycles. The molecule has 0 aliphatic carbocycles. The predicted molar refractivity (Wildman–Crippen MR) is 87.8 cm³/mol. The summed E-state index contributed by atoms with van der Waals surface area (Å²) in [7, 11) is 0. The number of carbonyl (C=O) groups excluding carboxylic acids is 1. The number of nitrogens with zero attached hydrogens (tertiary/aromatic N) is 2. The van der Waals surface area contributed by atoms with Gasteiger partial charge in [0.25, 0.3) is 0 Å². The van der Waals surface area contributed by atoms with E-state index in [0.29, 0.717) is 28.0 Å². The first-order chi connectivity index (χ1) is 11.0. The van der Waals surface area contributed by atoms with E-state index >= 15 is 0 Å². The molecule has 2 aromatic rings. The molecule has 1 amide bonds. The second kappa shape index (κ2) is 6.33. The number of fused-ring (bicyclic) bond motifs is 1. The van der Waals surface area contributed by atoms with Crippen molar-refractivity contribution < 1.29 is 14.3 Å². The van der Waals surface area contributed by atoms with Crippen LogP contribution in [0, 0.1) is 13.8 Å². The van der Waals surface area contributed by atoms with Crippen molar-refractivity contribution in [1.82, 2.24) is 9.97 Å². The standard InChI is InChI=1S/C15H16N4O3S/c1-8-3-9(2)18-15(17-8)23-6-14(20)19-11-5-13-12(4-10(11)16)21-7-22-13/h3-5H,6-7,16H2,1-2H3,(H,19,20). The lowest BCUT2D eigenvalue weighted by Gasteiger charge is -2.09. The second-order valence-corrected chi connectivity index (χ2v) is 6.01. The molecule has 0 radical (unpaired) electrons. The number of aryl methyl sites for hydroxylation is 2. The highest BCUT2D eigenvalue weighted by Gasteiger charge is 2.17. The van der Waals surface area contributed by atoms with Gasteiger partial charge in [0, 0.05) is 23.5 Å². The van der Waals surface area contributed by atoms with Gasteiger partial charge in [0.15, 0.2) is 16.7 Å². The number of nitrogen functional groups attached to an aromatic ring is 1. The largest absolute Gasteiger partial charge is 0.454 e. The second-order valence-electron chi connectivity index (χ2n) is 5.06. The average molecular weight is 332 g/mol. The minimum absolute atomic E-state index is 0.159. The monoisotopic (exact) mass is 332 g/mol. The topological polar surface area (TPSA) is 99.4 Å². The number of hydrogen-bond donors (Lipinski definition) is 2. The summed E-state index contributed by atoms with van der Waals surface area (Å²) in [5, 5.41) is 3.34. The molecule has 0 bridgehead atoms. The Balaban J connectivity index is 1.63. The maximum absolute atomic E-state index is 12.1.